The zero-order valence-corrected chi connectivity index (χ0v) is 12.2. The average molecular weight is 292 g/mol. The molecule has 4 nitrogen and oxygen atoms in total. The van der Waals surface area contributed by atoms with Gasteiger partial charge in [0.25, 0.3) is 5.91 Å². The van der Waals surface area contributed by atoms with E-state index in [0.29, 0.717) is 12.1 Å². The number of carbonyl (C=O) groups excluding carboxylic acids is 1. The molecule has 0 unspecified atom stereocenters. The van der Waals surface area contributed by atoms with Gasteiger partial charge in [0.1, 0.15) is 5.75 Å². The fourth-order valence-corrected chi connectivity index (χ4v) is 2.24. The molecule has 1 heterocycles. The van der Waals surface area contributed by atoms with E-state index in [-0.39, 0.29) is 5.91 Å². The van der Waals surface area contributed by atoms with Crippen LogP contribution < -0.4 is 10.1 Å². The Hall–Kier alpha value is -2.88. The van der Waals surface area contributed by atoms with Crippen LogP contribution in [0.1, 0.15) is 15.9 Å². The van der Waals surface area contributed by atoms with Crippen molar-refractivity contribution in [3.63, 3.8) is 0 Å². The summed E-state index contributed by atoms with van der Waals surface area (Å²) in [5, 5.41) is 3.97. The van der Waals surface area contributed by atoms with Crippen molar-refractivity contribution in [3.05, 3.63) is 71.9 Å². The number of nitrogens with one attached hydrogen (secondary N) is 1. The first-order chi connectivity index (χ1) is 10.8. The molecule has 0 atom stereocenters. The van der Waals surface area contributed by atoms with Crippen molar-refractivity contribution in [3.8, 4) is 5.75 Å². The molecule has 3 aromatic rings. The molecule has 0 saturated heterocycles. The van der Waals surface area contributed by atoms with Gasteiger partial charge in [0, 0.05) is 23.7 Å². The lowest BCUT2D eigenvalue weighted by Gasteiger charge is -2.07. The van der Waals surface area contributed by atoms with Gasteiger partial charge in [0.15, 0.2) is 0 Å². The Labute approximate surface area is 128 Å². The molecule has 0 aliphatic rings. The molecule has 4 heteroatoms. The average Bonchev–Trinajstić information content (AvgIpc) is 2.59. The zero-order valence-electron chi connectivity index (χ0n) is 12.2. The van der Waals surface area contributed by atoms with E-state index < -0.39 is 0 Å². The summed E-state index contributed by atoms with van der Waals surface area (Å²) in [6, 6.07) is 17.0. The molecule has 22 heavy (non-hydrogen) atoms. The monoisotopic (exact) mass is 292 g/mol. The van der Waals surface area contributed by atoms with Gasteiger partial charge < -0.3 is 10.1 Å². The highest BCUT2D eigenvalue weighted by atomic mass is 16.5. The summed E-state index contributed by atoms with van der Waals surface area (Å²) in [5.41, 5.74) is 2.53. The molecule has 0 bridgehead atoms. The third kappa shape index (κ3) is 3.06. The molecule has 110 valence electrons. The van der Waals surface area contributed by atoms with Crippen LogP contribution in [-0.2, 0) is 6.54 Å². The number of aromatic nitrogens is 1. The summed E-state index contributed by atoms with van der Waals surface area (Å²) in [5.74, 6) is 0.617. The molecule has 1 amide bonds. The number of carbonyl (C=O) groups is 1. The summed E-state index contributed by atoms with van der Waals surface area (Å²) < 4.78 is 5.08. The van der Waals surface area contributed by atoms with Gasteiger partial charge in [-0.05, 0) is 42.0 Å². The zero-order chi connectivity index (χ0) is 15.4. The Bertz CT molecular complexity index is 798. The summed E-state index contributed by atoms with van der Waals surface area (Å²) in [6.45, 7) is 0.447. The van der Waals surface area contributed by atoms with Crippen LogP contribution in [0.2, 0.25) is 0 Å². The minimum Gasteiger partial charge on any atom is -0.497 e. The maximum absolute atomic E-state index is 12.1. The lowest BCUT2D eigenvalue weighted by atomic mass is 10.1. The van der Waals surface area contributed by atoms with Crippen LogP contribution in [0.25, 0.3) is 10.9 Å². The van der Waals surface area contributed by atoms with Gasteiger partial charge in [0.05, 0.1) is 12.6 Å². The second-order valence-electron chi connectivity index (χ2n) is 4.95. The van der Waals surface area contributed by atoms with E-state index >= 15 is 0 Å². The SMILES string of the molecule is COc1ccc(C(=O)NCc2cnc3ccccc3c2)cc1. The molecule has 1 aromatic heterocycles. The van der Waals surface area contributed by atoms with Crippen LogP contribution in [0, 0.1) is 0 Å². The highest BCUT2D eigenvalue weighted by Gasteiger charge is 2.06. The highest BCUT2D eigenvalue weighted by molar-refractivity contribution is 5.94. The number of ether oxygens (including phenoxy) is 1. The Morgan fingerprint density at radius 1 is 1.14 bits per heavy atom. The van der Waals surface area contributed by atoms with Gasteiger partial charge in [0.2, 0.25) is 0 Å². The lowest BCUT2D eigenvalue weighted by Crippen LogP contribution is -2.22. The van der Waals surface area contributed by atoms with Crippen molar-refractivity contribution >= 4 is 16.8 Å². The minimum absolute atomic E-state index is 0.115. The molecule has 3 rings (SSSR count). The molecule has 0 aliphatic heterocycles. The van der Waals surface area contributed by atoms with Gasteiger partial charge in [-0.1, -0.05) is 18.2 Å². The van der Waals surface area contributed by atoms with E-state index in [1.807, 2.05) is 30.3 Å². The predicted octanol–water partition coefficient (Wildman–Crippen LogP) is 3.17. The Morgan fingerprint density at radius 3 is 2.68 bits per heavy atom. The van der Waals surface area contributed by atoms with Gasteiger partial charge in [-0.15, -0.1) is 0 Å². The molecular formula is C18H16N2O2. The van der Waals surface area contributed by atoms with E-state index in [4.69, 9.17) is 4.74 Å². The van der Waals surface area contributed by atoms with Gasteiger partial charge >= 0.3 is 0 Å². The quantitative estimate of drug-likeness (QED) is 0.803. The summed E-state index contributed by atoms with van der Waals surface area (Å²) in [7, 11) is 1.60. The van der Waals surface area contributed by atoms with Crippen LogP contribution >= 0.6 is 0 Å². The van der Waals surface area contributed by atoms with Crippen LogP contribution in [-0.4, -0.2) is 18.0 Å². The van der Waals surface area contributed by atoms with Crippen LogP contribution in [0.5, 0.6) is 5.75 Å². The maximum Gasteiger partial charge on any atom is 0.251 e. The molecule has 1 N–H and O–H groups in total. The van der Waals surface area contributed by atoms with Crippen LogP contribution in [0.15, 0.2) is 60.8 Å². The number of methoxy groups -OCH3 is 1. The molecule has 0 saturated carbocycles. The normalized spacial score (nSPS) is 10.4. The first-order valence-electron chi connectivity index (χ1n) is 7.02. The topological polar surface area (TPSA) is 51.2 Å². The molecule has 0 aliphatic carbocycles. The Morgan fingerprint density at radius 2 is 1.91 bits per heavy atom. The Kier molecular flexibility index (Phi) is 4.01. The van der Waals surface area contributed by atoms with E-state index in [0.717, 1.165) is 22.2 Å². The molecular weight excluding hydrogens is 276 g/mol. The second-order valence-corrected chi connectivity index (χ2v) is 4.95. The van der Waals surface area contributed by atoms with Crippen molar-refractivity contribution in [2.24, 2.45) is 0 Å². The number of fused-ring (bicyclic) bond motifs is 1. The third-order valence-corrected chi connectivity index (χ3v) is 3.45. The largest absolute Gasteiger partial charge is 0.497 e. The Balaban J connectivity index is 1.68. The number of nitrogens with zero attached hydrogens (tertiary/aromatic N) is 1. The smallest absolute Gasteiger partial charge is 0.251 e. The van der Waals surface area contributed by atoms with Crippen molar-refractivity contribution in [2.45, 2.75) is 6.54 Å². The second kappa shape index (κ2) is 6.26. The van der Waals surface area contributed by atoms with Crippen LogP contribution in [0.3, 0.4) is 0 Å². The standard InChI is InChI=1S/C18H16N2O2/c1-22-16-8-6-14(7-9-16)18(21)20-12-13-10-15-4-2-3-5-17(15)19-11-13/h2-11H,12H2,1H3,(H,20,21). The molecule has 0 spiro atoms. The van der Waals surface area contributed by atoms with Crippen molar-refractivity contribution in [1.29, 1.82) is 0 Å². The highest BCUT2D eigenvalue weighted by Crippen LogP contribution is 2.13. The molecule has 0 radical (unpaired) electrons. The van der Waals surface area contributed by atoms with Gasteiger partial charge in [-0.25, -0.2) is 0 Å². The predicted molar refractivity (Wildman–Crippen MR) is 85.9 cm³/mol. The third-order valence-electron chi connectivity index (χ3n) is 3.45. The number of hydrogen-bond donors (Lipinski definition) is 1. The summed E-state index contributed by atoms with van der Waals surface area (Å²) in [4.78, 5) is 16.5. The van der Waals surface area contributed by atoms with Crippen LogP contribution in [0.4, 0.5) is 0 Å². The summed E-state index contributed by atoms with van der Waals surface area (Å²) in [6.07, 6.45) is 1.79. The van der Waals surface area contributed by atoms with E-state index in [2.05, 4.69) is 10.3 Å². The maximum atomic E-state index is 12.1. The van der Waals surface area contributed by atoms with Crippen molar-refractivity contribution in [1.82, 2.24) is 10.3 Å². The van der Waals surface area contributed by atoms with E-state index in [1.54, 1.807) is 37.6 Å². The molecule has 2 aromatic carbocycles. The van der Waals surface area contributed by atoms with Gasteiger partial charge in [-0.2, -0.15) is 0 Å². The lowest BCUT2D eigenvalue weighted by molar-refractivity contribution is 0.0951. The number of para-hydroxylation sites is 1. The van der Waals surface area contributed by atoms with Crippen molar-refractivity contribution < 1.29 is 9.53 Å². The van der Waals surface area contributed by atoms with E-state index in [9.17, 15) is 4.79 Å². The minimum atomic E-state index is -0.115. The number of benzene rings is 2. The van der Waals surface area contributed by atoms with Gasteiger partial charge in [-0.3, -0.25) is 9.78 Å². The number of pyridine rings is 1. The van der Waals surface area contributed by atoms with E-state index in [1.165, 1.54) is 0 Å². The number of rotatable bonds is 4. The first-order valence-corrected chi connectivity index (χ1v) is 7.02. The number of amides is 1. The summed E-state index contributed by atoms with van der Waals surface area (Å²) >= 11 is 0. The molecule has 0 fully saturated rings. The fourth-order valence-electron chi connectivity index (χ4n) is 2.24. The van der Waals surface area contributed by atoms with Crippen molar-refractivity contribution in [2.75, 3.05) is 7.11 Å². The number of hydrogen-bond acceptors (Lipinski definition) is 3. The fraction of sp³-hybridized carbons (Fsp3) is 0.111. The first kappa shape index (κ1) is 14.1.